The summed E-state index contributed by atoms with van der Waals surface area (Å²) < 4.78 is 2.89. The number of aromatic nitrogens is 2. The Labute approximate surface area is 112 Å². The van der Waals surface area contributed by atoms with E-state index in [4.69, 9.17) is 0 Å². The van der Waals surface area contributed by atoms with Crippen molar-refractivity contribution in [2.45, 2.75) is 18.9 Å². The van der Waals surface area contributed by atoms with Gasteiger partial charge in [0.15, 0.2) is 0 Å². The van der Waals surface area contributed by atoms with Crippen molar-refractivity contribution in [2.24, 2.45) is 0 Å². The Kier molecular flexibility index (Phi) is 3.04. The fraction of sp³-hybridized carbons (Fsp3) is 0.417. The van der Waals surface area contributed by atoms with Gasteiger partial charge in [0.2, 0.25) is 0 Å². The highest BCUT2D eigenvalue weighted by Crippen LogP contribution is 2.30. The van der Waals surface area contributed by atoms with Crippen molar-refractivity contribution in [3.05, 3.63) is 33.2 Å². The number of aromatic amines is 1. The summed E-state index contributed by atoms with van der Waals surface area (Å²) in [6, 6.07) is 6.30. The Morgan fingerprint density at radius 3 is 2.88 bits per heavy atom. The number of thioether (sulfide) groups is 1. The summed E-state index contributed by atoms with van der Waals surface area (Å²) in [6.07, 6.45) is 2.17. The fourth-order valence-electron chi connectivity index (χ4n) is 2.42. The molecular weight excluding hydrogens is 300 g/mol. The number of halogens is 1. The van der Waals surface area contributed by atoms with Crippen molar-refractivity contribution in [1.82, 2.24) is 9.55 Å². The molecule has 0 unspecified atom stereocenters. The van der Waals surface area contributed by atoms with Crippen molar-refractivity contribution in [3.8, 4) is 0 Å². The Morgan fingerprint density at radius 1 is 1.35 bits per heavy atom. The van der Waals surface area contributed by atoms with E-state index in [-0.39, 0.29) is 5.69 Å². The number of imidazole rings is 1. The number of H-pyrrole nitrogens is 1. The summed E-state index contributed by atoms with van der Waals surface area (Å²) in [7, 11) is 0. The van der Waals surface area contributed by atoms with E-state index in [0.717, 1.165) is 39.9 Å². The molecule has 1 fully saturated rings. The van der Waals surface area contributed by atoms with Crippen LogP contribution in [0.2, 0.25) is 0 Å². The van der Waals surface area contributed by atoms with Gasteiger partial charge >= 0.3 is 5.69 Å². The van der Waals surface area contributed by atoms with Crippen LogP contribution < -0.4 is 5.69 Å². The predicted octanol–water partition coefficient (Wildman–Crippen LogP) is 3.16. The molecule has 3 rings (SSSR count). The maximum absolute atomic E-state index is 12.1. The molecule has 1 aliphatic heterocycles. The maximum atomic E-state index is 12.1. The van der Waals surface area contributed by atoms with Crippen LogP contribution >= 0.6 is 27.7 Å². The van der Waals surface area contributed by atoms with Gasteiger partial charge in [0.05, 0.1) is 11.0 Å². The van der Waals surface area contributed by atoms with Crippen LogP contribution in [-0.2, 0) is 0 Å². The lowest BCUT2D eigenvalue weighted by atomic mass is 10.1. The normalized spacial score (nSPS) is 17.7. The third-order valence-corrected chi connectivity index (χ3v) is 4.97. The number of hydrogen-bond donors (Lipinski definition) is 1. The summed E-state index contributed by atoms with van der Waals surface area (Å²) in [5.74, 6) is 2.30. The van der Waals surface area contributed by atoms with Gasteiger partial charge in [0, 0.05) is 10.5 Å². The zero-order valence-electron chi connectivity index (χ0n) is 9.28. The van der Waals surface area contributed by atoms with Gasteiger partial charge in [0.25, 0.3) is 0 Å². The number of nitrogens with zero attached hydrogens (tertiary/aromatic N) is 1. The minimum absolute atomic E-state index is 0.0174. The van der Waals surface area contributed by atoms with E-state index in [1.54, 1.807) is 0 Å². The van der Waals surface area contributed by atoms with Gasteiger partial charge in [-0.15, -0.1) is 0 Å². The molecule has 0 amide bonds. The summed E-state index contributed by atoms with van der Waals surface area (Å²) >= 11 is 5.46. The predicted molar refractivity (Wildman–Crippen MR) is 75.9 cm³/mol. The summed E-state index contributed by atoms with van der Waals surface area (Å²) in [5.41, 5.74) is 1.95. The third-order valence-electron chi connectivity index (χ3n) is 3.26. The first-order valence-corrected chi connectivity index (χ1v) is 7.68. The van der Waals surface area contributed by atoms with E-state index in [2.05, 4.69) is 20.9 Å². The SMILES string of the molecule is O=c1[nH]c2c(Br)cccc2n1C1CCSCC1. The molecule has 5 heteroatoms. The number of hydrogen-bond acceptors (Lipinski definition) is 2. The molecule has 2 heterocycles. The topological polar surface area (TPSA) is 37.8 Å². The molecule has 3 nitrogen and oxygen atoms in total. The first-order chi connectivity index (χ1) is 8.27. The third kappa shape index (κ3) is 1.95. The first kappa shape index (κ1) is 11.4. The molecule has 2 aromatic rings. The highest BCUT2D eigenvalue weighted by molar-refractivity contribution is 9.10. The molecule has 0 atom stereocenters. The van der Waals surface area contributed by atoms with E-state index in [0.29, 0.717) is 6.04 Å². The number of fused-ring (bicyclic) bond motifs is 1. The molecule has 0 radical (unpaired) electrons. The standard InChI is InChI=1S/C12H13BrN2OS/c13-9-2-1-3-10-11(9)14-12(16)15(10)8-4-6-17-7-5-8/h1-3,8H,4-7H2,(H,14,16). The zero-order valence-corrected chi connectivity index (χ0v) is 11.7. The van der Waals surface area contributed by atoms with Gasteiger partial charge in [-0.25, -0.2) is 4.79 Å². The Morgan fingerprint density at radius 2 is 2.12 bits per heavy atom. The molecule has 0 bridgehead atoms. The van der Waals surface area contributed by atoms with Gasteiger partial charge in [-0.05, 0) is 52.4 Å². The lowest BCUT2D eigenvalue weighted by Crippen LogP contribution is -2.25. The van der Waals surface area contributed by atoms with Gasteiger partial charge in [-0.2, -0.15) is 11.8 Å². The maximum Gasteiger partial charge on any atom is 0.326 e. The van der Waals surface area contributed by atoms with E-state index in [9.17, 15) is 4.79 Å². The monoisotopic (exact) mass is 312 g/mol. The minimum atomic E-state index is 0.0174. The van der Waals surface area contributed by atoms with Crippen molar-refractivity contribution in [3.63, 3.8) is 0 Å². The van der Waals surface area contributed by atoms with Crippen molar-refractivity contribution in [2.75, 3.05) is 11.5 Å². The van der Waals surface area contributed by atoms with Gasteiger partial charge in [-0.3, -0.25) is 4.57 Å². The average molecular weight is 313 g/mol. The van der Waals surface area contributed by atoms with Gasteiger partial charge in [-0.1, -0.05) is 6.07 Å². The number of rotatable bonds is 1. The molecular formula is C12H13BrN2OS. The molecule has 1 aliphatic rings. The van der Waals surface area contributed by atoms with E-state index in [1.807, 2.05) is 34.5 Å². The summed E-state index contributed by atoms with van der Waals surface area (Å²) in [6.45, 7) is 0. The lowest BCUT2D eigenvalue weighted by molar-refractivity contribution is 0.469. The van der Waals surface area contributed by atoms with Gasteiger partial charge < -0.3 is 4.98 Å². The summed E-state index contributed by atoms with van der Waals surface area (Å²) in [4.78, 5) is 15.0. The second kappa shape index (κ2) is 4.53. The number of nitrogens with one attached hydrogen (secondary N) is 1. The first-order valence-electron chi connectivity index (χ1n) is 5.74. The van der Waals surface area contributed by atoms with Crippen LogP contribution in [-0.4, -0.2) is 21.1 Å². The van der Waals surface area contributed by atoms with Crippen molar-refractivity contribution >= 4 is 38.7 Å². The summed E-state index contributed by atoms with van der Waals surface area (Å²) in [5, 5.41) is 0. The molecule has 0 saturated carbocycles. The highest BCUT2D eigenvalue weighted by atomic mass is 79.9. The van der Waals surface area contributed by atoms with Crippen LogP contribution in [0.15, 0.2) is 27.5 Å². The Bertz CT molecular complexity index is 598. The van der Waals surface area contributed by atoms with Crippen molar-refractivity contribution < 1.29 is 0 Å². The van der Waals surface area contributed by atoms with Crippen LogP contribution in [0.25, 0.3) is 11.0 Å². The highest BCUT2D eigenvalue weighted by Gasteiger charge is 2.20. The van der Waals surface area contributed by atoms with Crippen LogP contribution in [0.5, 0.6) is 0 Å². The number of para-hydroxylation sites is 1. The molecule has 17 heavy (non-hydrogen) atoms. The van der Waals surface area contributed by atoms with Crippen LogP contribution in [0.1, 0.15) is 18.9 Å². The molecule has 0 spiro atoms. The molecule has 1 aromatic heterocycles. The molecule has 1 aromatic carbocycles. The number of benzene rings is 1. The van der Waals surface area contributed by atoms with Crippen LogP contribution in [0.4, 0.5) is 0 Å². The van der Waals surface area contributed by atoms with E-state index < -0.39 is 0 Å². The minimum Gasteiger partial charge on any atom is -0.305 e. The zero-order chi connectivity index (χ0) is 11.8. The van der Waals surface area contributed by atoms with E-state index in [1.165, 1.54) is 0 Å². The quantitative estimate of drug-likeness (QED) is 0.878. The molecule has 0 aliphatic carbocycles. The van der Waals surface area contributed by atoms with Crippen molar-refractivity contribution in [1.29, 1.82) is 0 Å². The second-order valence-corrected chi connectivity index (χ2v) is 6.36. The molecule has 90 valence electrons. The fourth-order valence-corrected chi connectivity index (χ4v) is 3.96. The smallest absolute Gasteiger partial charge is 0.305 e. The molecule has 1 N–H and O–H groups in total. The largest absolute Gasteiger partial charge is 0.326 e. The van der Waals surface area contributed by atoms with E-state index >= 15 is 0 Å². The Hall–Kier alpha value is -0.680. The Balaban J connectivity index is 2.18. The van der Waals surface area contributed by atoms with Crippen LogP contribution in [0, 0.1) is 0 Å². The van der Waals surface area contributed by atoms with Crippen LogP contribution in [0.3, 0.4) is 0 Å². The average Bonchev–Trinajstić information content (AvgIpc) is 2.68. The van der Waals surface area contributed by atoms with Gasteiger partial charge in [0.1, 0.15) is 0 Å². The molecule has 1 saturated heterocycles. The second-order valence-electron chi connectivity index (χ2n) is 4.28. The lowest BCUT2D eigenvalue weighted by Gasteiger charge is -2.22.